The Hall–Kier alpha value is -1.29. The predicted octanol–water partition coefficient (Wildman–Crippen LogP) is 1.54. The number of nitrogens with two attached hydrogens (primary N) is 1. The Kier molecular flexibility index (Phi) is 2.54. The second-order valence-corrected chi connectivity index (χ2v) is 5.10. The van der Waals surface area contributed by atoms with E-state index in [1.54, 1.807) is 17.0 Å². The van der Waals surface area contributed by atoms with Gasteiger partial charge in [-0.25, -0.2) is 0 Å². The van der Waals surface area contributed by atoms with Gasteiger partial charge >= 0.3 is 0 Å². The fraction of sp³-hybridized carbons (Fsp3) is 0.583. The molecule has 1 aliphatic heterocycles. The van der Waals surface area contributed by atoms with Gasteiger partial charge < -0.3 is 15.1 Å². The van der Waals surface area contributed by atoms with Crippen LogP contribution in [0.5, 0.6) is 0 Å². The fourth-order valence-corrected chi connectivity index (χ4v) is 2.34. The molecule has 0 bridgehead atoms. The number of furan rings is 1. The Labute approximate surface area is 95.4 Å². The first kappa shape index (κ1) is 11.2. The maximum Gasteiger partial charge on any atom is 0.290 e. The number of hydrogen-bond donors (Lipinski definition) is 1. The van der Waals surface area contributed by atoms with Crippen molar-refractivity contribution in [2.24, 2.45) is 5.73 Å². The van der Waals surface area contributed by atoms with Crippen LogP contribution in [-0.2, 0) is 0 Å². The van der Waals surface area contributed by atoms with Crippen molar-refractivity contribution in [1.82, 2.24) is 4.90 Å². The number of nitrogens with zero attached hydrogens (tertiary/aromatic N) is 1. The third-order valence-electron chi connectivity index (χ3n) is 3.11. The molecule has 0 saturated carbocycles. The Morgan fingerprint density at radius 2 is 2.25 bits per heavy atom. The van der Waals surface area contributed by atoms with Crippen LogP contribution in [0.2, 0.25) is 0 Å². The smallest absolute Gasteiger partial charge is 0.290 e. The van der Waals surface area contributed by atoms with E-state index in [0.29, 0.717) is 12.3 Å². The molecule has 1 aromatic heterocycles. The van der Waals surface area contributed by atoms with Crippen LogP contribution >= 0.6 is 0 Å². The average Bonchev–Trinajstić information content (AvgIpc) is 2.69. The number of amides is 1. The summed E-state index contributed by atoms with van der Waals surface area (Å²) in [5, 5.41) is 0. The highest BCUT2D eigenvalue weighted by Gasteiger charge is 2.40. The van der Waals surface area contributed by atoms with E-state index in [2.05, 4.69) is 0 Å². The zero-order valence-electron chi connectivity index (χ0n) is 9.99. The van der Waals surface area contributed by atoms with E-state index < -0.39 is 0 Å². The van der Waals surface area contributed by atoms with Crippen LogP contribution in [-0.4, -0.2) is 28.9 Å². The van der Waals surface area contributed by atoms with Gasteiger partial charge in [0.2, 0.25) is 0 Å². The van der Waals surface area contributed by atoms with Crippen molar-refractivity contribution >= 4 is 5.91 Å². The van der Waals surface area contributed by atoms with E-state index in [1.807, 2.05) is 20.8 Å². The number of carbonyl (C=O) groups excluding carboxylic acids is 1. The SMILES string of the molecule is Cc1ccc(C(=O)N2CC(N)CC2(C)C)o1. The van der Waals surface area contributed by atoms with Gasteiger partial charge in [-0.2, -0.15) is 0 Å². The second kappa shape index (κ2) is 3.63. The van der Waals surface area contributed by atoms with E-state index in [9.17, 15) is 4.79 Å². The lowest BCUT2D eigenvalue weighted by Crippen LogP contribution is -2.42. The van der Waals surface area contributed by atoms with Crippen LogP contribution in [0.4, 0.5) is 0 Å². The molecule has 88 valence electrons. The summed E-state index contributed by atoms with van der Waals surface area (Å²) >= 11 is 0. The molecular formula is C12H18N2O2. The predicted molar refractivity (Wildman–Crippen MR) is 61.2 cm³/mol. The molecule has 0 aromatic carbocycles. The molecule has 1 unspecified atom stereocenters. The summed E-state index contributed by atoms with van der Waals surface area (Å²) in [5.41, 5.74) is 5.71. The molecule has 16 heavy (non-hydrogen) atoms. The van der Waals surface area contributed by atoms with Crippen molar-refractivity contribution in [2.75, 3.05) is 6.54 Å². The average molecular weight is 222 g/mol. The third-order valence-corrected chi connectivity index (χ3v) is 3.11. The number of carbonyl (C=O) groups is 1. The van der Waals surface area contributed by atoms with Gasteiger partial charge in [-0.3, -0.25) is 4.79 Å². The highest BCUT2D eigenvalue weighted by atomic mass is 16.3. The van der Waals surface area contributed by atoms with Gasteiger partial charge in [0.05, 0.1) is 0 Å². The minimum absolute atomic E-state index is 0.0638. The summed E-state index contributed by atoms with van der Waals surface area (Å²) in [6, 6.07) is 3.59. The lowest BCUT2D eigenvalue weighted by molar-refractivity contribution is 0.0617. The molecule has 1 saturated heterocycles. The molecule has 4 heteroatoms. The molecule has 2 rings (SSSR count). The van der Waals surface area contributed by atoms with Crippen molar-refractivity contribution in [3.05, 3.63) is 23.7 Å². The first-order valence-corrected chi connectivity index (χ1v) is 5.54. The summed E-state index contributed by atoms with van der Waals surface area (Å²) in [4.78, 5) is 14.0. The molecule has 2 heterocycles. The van der Waals surface area contributed by atoms with Gasteiger partial charge in [0, 0.05) is 18.1 Å². The second-order valence-electron chi connectivity index (χ2n) is 5.10. The van der Waals surface area contributed by atoms with Crippen molar-refractivity contribution in [1.29, 1.82) is 0 Å². The molecule has 1 aliphatic rings. The lowest BCUT2D eigenvalue weighted by atomic mass is 10.0. The first-order chi connectivity index (χ1) is 7.40. The van der Waals surface area contributed by atoms with Gasteiger partial charge in [0.1, 0.15) is 5.76 Å². The molecule has 0 spiro atoms. The number of aryl methyl sites for hydroxylation is 1. The van der Waals surface area contributed by atoms with E-state index in [-0.39, 0.29) is 17.5 Å². The van der Waals surface area contributed by atoms with Crippen LogP contribution < -0.4 is 5.73 Å². The molecule has 1 fully saturated rings. The summed E-state index contributed by atoms with van der Waals surface area (Å²) in [7, 11) is 0. The molecule has 4 nitrogen and oxygen atoms in total. The highest BCUT2D eigenvalue weighted by molar-refractivity contribution is 5.92. The van der Waals surface area contributed by atoms with Crippen LogP contribution in [0.1, 0.15) is 36.6 Å². The molecule has 1 aromatic rings. The summed E-state index contributed by atoms with van der Waals surface area (Å²) in [5.74, 6) is 1.09. The minimum atomic E-state index is -0.183. The quantitative estimate of drug-likeness (QED) is 0.784. The lowest BCUT2D eigenvalue weighted by Gasteiger charge is -2.30. The third kappa shape index (κ3) is 1.85. The zero-order chi connectivity index (χ0) is 11.9. The highest BCUT2D eigenvalue weighted by Crippen LogP contribution is 2.29. The molecular weight excluding hydrogens is 204 g/mol. The molecule has 0 radical (unpaired) electrons. The maximum absolute atomic E-state index is 12.2. The normalized spacial score (nSPS) is 23.8. The number of rotatable bonds is 1. The monoisotopic (exact) mass is 222 g/mol. The van der Waals surface area contributed by atoms with Crippen molar-refractivity contribution in [2.45, 2.75) is 38.8 Å². The van der Waals surface area contributed by atoms with E-state index in [0.717, 1.165) is 12.2 Å². The number of hydrogen-bond acceptors (Lipinski definition) is 3. The van der Waals surface area contributed by atoms with Gasteiger partial charge in [-0.05, 0) is 39.3 Å². The van der Waals surface area contributed by atoms with Crippen LogP contribution in [0, 0.1) is 6.92 Å². The van der Waals surface area contributed by atoms with E-state index in [4.69, 9.17) is 10.2 Å². The Balaban J connectivity index is 2.22. The van der Waals surface area contributed by atoms with Crippen LogP contribution in [0.25, 0.3) is 0 Å². The molecule has 1 atom stereocenters. The summed E-state index contributed by atoms with van der Waals surface area (Å²) in [6.45, 7) is 6.50. The van der Waals surface area contributed by atoms with Gasteiger partial charge in [0.15, 0.2) is 5.76 Å². The van der Waals surface area contributed by atoms with Gasteiger partial charge in [-0.1, -0.05) is 0 Å². The zero-order valence-corrected chi connectivity index (χ0v) is 9.99. The first-order valence-electron chi connectivity index (χ1n) is 5.54. The molecule has 2 N–H and O–H groups in total. The number of likely N-dealkylation sites (tertiary alicyclic amines) is 1. The fourth-order valence-electron chi connectivity index (χ4n) is 2.34. The summed E-state index contributed by atoms with van der Waals surface area (Å²) in [6.07, 6.45) is 0.832. The van der Waals surface area contributed by atoms with Crippen molar-refractivity contribution in [3.8, 4) is 0 Å². The van der Waals surface area contributed by atoms with Crippen LogP contribution in [0.3, 0.4) is 0 Å². The Morgan fingerprint density at radius 1 is 1.56 bits per heavy atom. The van der Waals surface area contributed by atoms with Crippen LogP contribution in [0.15, 0.2) is 16.5 Å². The molecule has 1 amide bonds. The van der Waals surface area contributed by atoms with Crippen molar-refractivity contribution < 1.29 is 9.21 Å². The summed E-state index contributed by atoms with van der Waals surface area (Å²) < 4.78 is 5.35. The largest absolute Gasteiger partial charge is 0.456 e. The van der Waals surface area contributed by atoms with Crippen molar-refractivity contribution in [3.63, 3.8) is 0 Å². The molecule has 0 aliphatic carbocycles. The Morgan fingerprint density at radius 3 is 2.69 bits per heavy atom. The van der Waals surface area contributed by atoms with Gasteiger partial charge in [0.25, 0.3) is 5.91 Å². The van der Waals surface area contributed by atoms with Gasteiger partial charge in [-0.15, -0.1) is 0 Å². The standard InChI is InChI=1S/C12H18N2O2/c1-8-4-5-10(16-8)11(15)14-7-9(13)6-12(14,2)3/h4-5,9H,6-7,13H2,1-3H3. The van der Waals surface area contributed by atoms with E-state index in [1.165, 1.54) is 0 Å². The van der Waals surface area contributed by atoms with E-state index >= 15 is 0 Å². The maximum atomic E-state index is 12.2. The Bertz CT molecular complexity index is 409. The topological polar surface area (TPSA) is 59.5 Å². The minimum Gasteiger partial charge on any atom is -0.456 e.